The lowest BCUT2D eigenvalue weighted by Crippen LogP contribution is -2.33. The Labute approximate surface area is 122 Å². The number of anilines is 1. The maximum absolute atomic E-state index is 12.5. The van der Waals surface area contributed by atoms with Crippen molar-refractivity contribution in [2.24, 2.45) is 0 Å². The van der Waals surface area contributed by atoms with E-state index >= 15 is 0 Å². The Bertz CT molecular complexity index is 410. The van der Waals surface area contributed by atoms with Gasteiger partial charge in [0.1, 0.15) is 5.69 Å². The summed E-state index contributed by atoms with van der Waals surface area (Å²) in [6.07, 6.45) is 3.68. The lowest BCUT2D eigenvalue weighted by atomic mass is 10.2. The molecule has 0 aliphatic heterocycles. The van der Waals surface area contributed by atoms with Gasteiger partial charge in [0.15, 0.2) is 0 Å². The Kier molecular flexibility index (Phi) is 7.05. The van der Waals surface area contributed by atoms with Gasteiger partial charge in [-0.15, -0.1) is 0 Å². The summed E-state index contributed by atoms with van der Waals surface area (Å²) in [4.78, 5) is 20.9. The number of pyridine rings is 1. The van der Waals surface area contributed by atoms with Crippen molar-refractivity contribution in [3.8, 4) is 0 Å². The van der Waals surface area contributed by atoms with E-state index in [4.69, 9.17) is 0 Å². The molecule has 0 aromatic carbocycles. The molecule has 1 aromatic heterocycles. The van der Waals surface area contributed by atoms with Gasteiger partial charge in [-0.1, -0.05) is 13.8 Å². The van der Waals surface area contributed by atoms with Crippen molar-refractivity contribution in [3.05, 3.63) is 24.0 Å². The summed E-state index contributed by atoms with van der Waals surface area (Å²) in [6, 6.07) is 3.88. The Morgan fingerprint density at radius 3 is 2.20 bits per heavy atom. The number of nitrogens with zero attached hydrogens (tertiary/aromatic N) is 3. The van der Waals surface area contributed by atoms with Crippen molar-refractivity contribution in [2.45, 2.75) is 40.5 Å². The van der Waals surface area contributed by atoms with E-state index in [-0.39, 0.29) is 5.91 Å². The van der Waals surface area contributed by atoms with E-state index in [0.29, 0.717) is 5.69 Å². The Hall–Kier alpha value is -1.58. The van der Waals surface area contributed by atoms with Crippen LogP contribution in [0.4, 0.5) is 5.69 Å². The molecule has 112 valence electrons. The first-order valence-corrected chi connectivity index (χ1v) is 7.68. The minimum atomic E-state index is 0.0442. The van der Waals surface area contributed by atoms with E-state index in [1.807, 2.05) is 17.0 Å². The van der Waals surface area contributed by atoms with Gasteiger partial charge < -0.3 is 9.80 Å². The molecule has 0 unspecified atom stereocenters. The highest BCUT2D eigenvalue weighted by molar-refractivity contribution is 5.93. The van der Waals surface area contributed by atoms with Crippen molar-refractivity contribution >= 4 is 11.6 Å². The largest absolute Gasteiger partial charge is 0.372 e. The summed E-state index contributed by atoms with van der Waals surface area (Å²) in [5.74, 6) is 0.0442. The zero-order valence-corrected chi connectivity index (χ0v) is 13.2. The van der Waals surface area contributed by atoms with E-state index in [1.54, 1.807) is 6.20 Å². The molecule has 1 aromatic rings. The van der Waals surface area contributed by atoms with Crippen LogP contribution in [0.1, 0.15) is 51.0 Å². The molecule has 0 aliphatic carbocycles. The summed E-state index contributed by atoms with van der Waals surface area (Å²) in [7, 11) is 0. The van der Waals surface area contributed by atoms with Gasteiger partial charge in [0.05, 0.1) is 0 Å². The summed E-state index contributed by atoms with van der Waals surface area (Å²) in [5.41, 5.74) is 1.62. The molecule has 1 amide bonds. The fourth-order valence-electron chi connectivity index (χ4n) is 2.34. The third-order valence-corrected chi connectivity index (χ3v) is 3.37. The molecule has 4 heteroatoms. The van der Waals surface area contributed by atoms with Crippen molar-refractivity contribution < 1.29 is 4.79 Å². The van der Waals surface area contributed by atoms with Crippen LogP contribution in [0.2, 0.25) is 0 Å². The van der Waals surface area contributed by atoms with E-state index in [2.05, 4.69) is 37.6 Å². The van der Waals surface area contributed by atoms with Crippen LogP contribution in [-0.4, -0.2) is 42.0 Å². The van der Waals surface area contributed by atoms with Gasteiger partial charge in [-0.05, 0) is 38.8 Å². The number of hydrogen-bond acceptors (Lipinski definition) is 3. The predicted octanol–water partition coefficient (Wildman–Crippen LogP) is 3.19. The second kappa shape index (κ2) is 8.56. The third-order valence-electron chi connectivity index (χ3n) is 3.37. The number of aromatic nitrogens is 1. The van der Waals surface area contributed by atoms with Crippen molar-refractivity contribution in [2.75, 3.05) is 31.1 Å². The second-order valence-corrected chi connectivity index (χ2v) is 4.86. The smallest absolute Gasteiger partial charge is 0.272 e. The highest BCUT2D eigenvalue weighted by atomic mass is 16.2. The number of carbonyl (C=O) groups is 1. The van der Waals surface area contributed by atoms with Crippen molar-refractivity contribution in [3.63, 3.8) is 0 Å². The Morgan fingerprint density at radius 1 is 1.10 bits per heavy atom. The van der Waals surface area contributed by atoms with Crippen LogP contribution in [0.15, 0.2) is 18.3 Å². The van der Waals surface area contributed by atoms with Crippen LogP contribution in [-0.2, 0) is 0 Å². The first-order valence-electron chi connectivity index (χ1n) is 7.68. The second-order valence-electron chi connectivity index (χ2n) is 4.86. The van der Waals surface area contributed by atoms with Crippen molar-refractivity contribution in [1.29, 1.82) is 0 Å². The summed E-state index contributed by atoms with van der Waals surface area (Å²) >= 11 is 0. The molecule has 1 heterocycles. The Morgan fingerprint density at radius 2 is 1.70 bits per heavy atom. The van der Waals surface area contributed by atoms with Gasteiger partial charge in [-0.3, -0.25) is 9.78 Å². The fraction of sp³-hybridized carbons (Fsp3) is 0.625. The van der Waals surface area contributed by atoms with Gasteiger partial charge in [0, 0.05) is 38.1 Å². The van der Waals surface area contributed by atoms with Gasteiger partial charge in [-0.25, -0.2) is 0 Å². The number of hydrogen-bond donors (Lipinski definition) is 0. The molecule has 4 nitrogen and oxygen atoms in total. The van der Waals surface area contributed by atoms with Crippen LogP contribution in [0.5, 0.6) is 0 Å². The highest BCUT2D eigenvalue weighted by Crippen LogP contribution is 2.15. The zero-order chi connectivity index (χ0) is 15.0. The fourth-order valence-corrected chi connectivity index (χ4v) is 2.34. The van der Waals surface area contributed by atoms with Crippen LogP contribution in [0.3, 0.4) is 0 Å². The number of carbonyl (C=O) groups excluding carboxylic acids is 1. The molecular weight excluding hydrogens is 250 g/mol. The molecule has 20 heavy (non-hydrogen) atoms. The maximum Gasteiger partial charge on any atom is 0.272 e. The summed E-state index contributed by atoms with van der Waals surface area (Å²) in [5, 5.41) is 0. The van der Waals surface area contributed by atoms with E-state index in [1.165, 1.54) is 0 Å². The summed E-state index contributed by atoms with van der Waals surface area (Å²) in [6.45, 7) is 11.9. The quantitative estimate of drug-likeness (QED) is 0.732. The zero-order valence-electron chi connectivity index (χ0n) is 13.2. The lowest BCUT2D eigenvalue weighted by molar-refractivity contribution is 0.0749. The standard InChI is InChI=1S/C16H27N3O/c1-5-11-19(12-6-2)16(20)15-13-14(9-10-17-15)18(7-3)8-4/h9-10,13H,5-8,11-12H2,1-4H3. The Balaban J connectivity index is 2.94. The van der Waals surface area contributed by atoms with Crippen molar-refractivity contribution in [1.82, 2.24) is 9.88 Å². The maximum atomic E-state index is 12.5. The molecule has 0 spiro atoms. The number of rotatable bonds is 8. The third kappa shape index (κ3) is 4.22. The molecular formula is C16H27N3O. The molecule has 0 bridgehead atoms. The highest BCUT2D eigenvalue weighted by Gasteiger charge is 2.16. The minimum absolute atomic E-state index is 0.0442. The molecule has 0 N–H and O–H groups in total. The van der Waals surface area contributed by atoms with Crippen LogP contribution >= 0.6 is 0 Å². The van der Waals surface area contributed by atoms with Crippen LogP contribution < -0.4 is 4.90 Å². The van der Waals surface area contributed by atoms with Gasteiger partial charge >= 0.3 is 0 Å². The molecule has 0 fully saturated rings. The predicted molar refractivity (Wildman–Crippen MR) is 84.3 cm³/mol. The van der Waals surface area contributed by atoms with Gasteiger partial charge in [0.2, 0.25) is 0 Å². The minimum Gasteiger partial charge on any atom is -0.372 e. The van der Waals surface area contributed by atoms with Gasteiger partial charge in [0.25, 0.3) is 5.91 Å². The summed E-state index contributed by atoms with van der Waals surface area (Å²) < 4.78 is 0. The molecule has 0 radical (unpaired) electrons. The van der Waals surface area contributed by atoms with E-state index in [0.717, 1.165) is 44.7 Å². The molecule has 0 atom stereocenters. The normalized spacial score (nSPS) is 10.4. The van der Waals surface area contributed by atoms with E-state index in [9.17, 15) is 4.79 Å². The average molecular weight is 277 g/mol. The van der Waals surface area contributed by atoms with E-state index < -0.39 is 0 Å². The lowest BCUT2D eigenvalue weighted by Gasteiger charge is -2.23. The topological polar surface area (TPSA) is 36.4 Å². The number of amides is 1. The van der Waals surface area contributed by atoms with Crippen LogP contribution in [0, 0.1) is 0 Å². The molecule has 0 aliphatic rings. The van der Waals surface area contributed by atoms with Crippen LogP contribution in [0.25, 0.3) is 0 Å². The molecule has 0 saturated heterocycles. The monoisotopic (exact) mass is 277 g/mol. The average Bonchev–Trinajstić information content (AvgIpc) is 2.48. The first-order chi connectivity index (χ1) is 9.67. The molecule has 0 saturated carbocycles. The SMILES string of the molecule is CCCN(CCC)C(=O)c1cc(N(CC)CC)ccn1. The molecule has 1 rings (SSSR count). The first kappa shape index (κ1) is 16.5. The van der Waals surface area contributed by atoms with Gasteiger partial charge in [-0.2, -0.15) is 0 Å².